The molecule has 0 radical (unpaired) electrons. The summed E-state index contributed by atoms with van der Waals surface area (Å²) in [6, 6.07) is -11.1. The maximum atomic E-state index is 13.4. The van der Waals surface area contributed by atoms with E-state index in [9.17, 15) is 58.2 Å². The molecule has 0 heterocycles. The summed E-state index contributed by atoms with van der Waals surface area (Å²) in [5.74, 6) is -12.8. The van der Waals surface area contributed by atoms with E-state index in [1.165, 1.54) is 20.8 Å². The van der Waals surface area contributed by atoms with Crippen LogP contribution in [0.15, 0.2) is 0 Å². The number of hydrogen-bond acceptors (Lipinski definition) is 12. The number of aliphatic hydroxyl groups is 1. The van der Waals surface area contributed by atoms with Gasteiger partial charge in [-0.1, -0.05) is 27.7 Å². The minimum atomic E-state index is -1.80. The van der Waals surface area contributed by atoms with Gasteiger partial charge in [-0.25, -0.2) is 4.79 Å². The van der Waals surface area contributed by atoms with Gasteiger partial charge < -0.3 is 63.8 Å². The average molecular weight is 747 g/mol. The summed E-state index contributed by atoms with van der Waals surface area (Å²) in [5.41, 5.74) is 10.8. The molecule has 14 N–H and O–H groups in total. The molecule has 0 bridgehead atoms. The zero-order chi connectivity index (χ0) is 40.6. The first-order valence-electron chi connectivity index (χ1n) is 16.1. The van der Waals surface area contributed by atoms with Crippen molar-refractivity contribution in [2.24, 2.45) is 23.3 Å². The van der Waals surface area contributed by atoms with Crippen LogP contribution in [0.25, 0.3) is 0 Å². The van der Waals surface area contributed by atoms with Gasteiger partial charge in [0.2, 0.25) is 41.4 Å². The number of nitrogens with one attached hydrogen (secondary N) is 6. The van der Waals surface area contributed by atoms with Gasteiger partial charge in [0, 0.05) is 0 Å². The molecule has 0 saturated heterocycles. The molecule has 0 spiro atoms. The fourth-order valence-electron chi connectivity index (χ4n) is 4.42. The number of nitrogens with two attached hydrogens (primary N) is 2. The smallest absolute Gasteiger partial charge is 0.326 e. The first-order valence-corrected chi connectivity index (χ1v) is 16.1. The van der Waals surface area contributed by atoms with Crippen molar-refractivity contribution in [1.82, 2.24) is 31.9 Å². The fourth-order valence-corrected chi connectivity index (χ4v) is 4.42. The quantitative estimate of drug-likeness (QED) is 0.0467. The van der Waals surface area contributed by atoms with Crippen molar-refractivity contribution in [2.75, 3.05) is 0 Å². The highest BCUT2D eigenvalue weighted by atomic mass is 16.4. The molecule has 0 unspecified atom stereocenters. The van der Waals surface area contributed by atoms with E-state index >= 15 is 0 Å². The van der Waals surface area contributed by atoms with Gasteiger partial charge in [0.15, 0.2) is 0 Å². The van der Waals surface area contributed by atoms with Gasteiger partial charge in [-0.05, 0) is 32.1 Å². The SMILES string of the molecule is CC(C)C[C@H](NC(=O)[C@H](CC(N)=O)NC(=O)[C@@H](NC(=O)[C@@H](NC(=O)[C@@H](N)CC(=O)O)C(C)C)[C@@H](C)O)C(=O)N[C@@H](C)C(=O)N[C@@H](CC(=O)O)C(=O)O. The van der Waals surface area contributed by atoms with Crippen LogP contribution in [0.4, 0.5) is 0 Å². The van der Waals surface area contributed by atoms with Gasteiger partial charge in [0.1, 0.15) is 36.3 Å². The molecule has 0 saturated carbocycles. The van der Waals surface area contributed by atoms with Crippen molar-refractivity contribution >= 4 is 59.3 Å². The van der Waals surface area contributed by atoms with Crippen LogP contribution in [0.3, 0.4) is 0 Å². The van der Waals surface area contributed by atoms with E-state index in [1.54, 1.807) is 13.8 Å². The van der Waals surface area contributed by atoms with Gasteiger partial charge >= 0.3 is 17.9 Å². The number of carbonyl (C=O) groups excluding carboxylic acids is 7. The monoisotopic (exact) mass is 746 g/mol. The Morgan fingerprint density at radius 1 is 0.538 bits per heavy atom. The standard InChI is InChI=1S/C30H50N8O14/c1-11(2)7-16(26(47)33-13(5)24(45)36-18(30(51)52)10-21(43)44)34-27(48)17(9-19(32)40)35-29(50)23(14(6)39)38-28(49)22(12(3)4)37-25(46)15(31)8-20(41)42/h11-18,22-23,39H,7-10,31H2,1-6H3,(H2,32,40)(H,33,47)(H,34,48)(H,35,50)(H,36,45)(H,37,46)(H,38,49)(H,41,42)(H,43,44)(H,51,52)/t13-,14+,15-,16-,17-,18-,22-,23-/m0/s1. The summed E-state index contributed by atoms with van der Waals surface area (Å²) < 4.78 is 0. The third-order valence-electron chi connectivity index (χ3n) is 7.16. The molecule has 294 valence electrons. The molecule has 0 aromatic heterocycles. The number of rotatable bonds is 23. The van der Waals surface area contributed by atoms with E-state index in [2.05, 4.69) is 26.6 Å². The van der Waals surface area contributed by atoms with Gasteiger partial charge in [-0.3, -0.25) is 43.2 Å². The number of amides is 7. The third-order valence-corrected chi connectivity index (χ3v) is 7.16. The number of aliphatic carboxylic acids is 3. The van der Waals surface area contributed by atoms with Crippen molar-refractivity contribution in [3.05, 3.63) is 0 Å². The minimum absolute atomic E-state index is 0.0509. The first kappa shape index (κ1) is 46.6. The molecule has 0 aliphatic carbocycles. The number of primary amides is 1. The molecule has 7 amide bonds. The second-order valence-electron chi connectivity index (χ2n) is 12.8. The highest BCUT2D eigenvalue weighted by Gasteiger charge is 2.36. The molecular formula is C30H50N8O14. The van der Waals surface area contributed by atoms with Crippen LogP contribution >= 0.6 is 0 Å². The Morgan fingerprint density at radius 3 is 1.44 bits per heavy atom. The molecule has 0 aliphatic heterocycles. The van der Waals surface area contributed by atoms with Crippen LogP contribution in [0.1, 0.15) is 67.2 Å². The van der Waals surface area contributed by atoms with E-state index in [0.29, 0.717) is 0 Å². The van der Waals surface area contributed by atoms with Gasteiger partial charge in [0.25, 0.3) is 0 Å². The minimum Gasteiger partial charge on any atom is -0.481 e. The molecule has 0 aromatic carbocycles. The summed E-state index contributed by atoms with van der Waals surface area (Å²) in [6.07, 6.45) is -4.18. The Bertz CT molecular complexity index is 1350. The topological polar surface area (TPSA) is 376 Å². The van der Waals surface area contributed by atoms with E-state index in [-0.39, 0.29) is 12.3 Å². The van der Waals surface area contributed by atoms with Crippen LogP contribution in [0.5, 0.6) is 0 Å². The lowest BCUT2D eigenvalue weighted by Gasteiger charge is -2.29. The molecule has 0 rings (SSSR count). The van der Waals surface area contributed by atoms with Crippen LogP contribution < -0.4 is 43.4 Å². The molecule has 22 heteroatoms. The van der Waals surface area contributed by atoms with Gasteiger partial charge in [-0.15, -0.1) is 0 Å². The maximum absolute atomic E-state index is 13.4. The maximum Gasteiger partial charge on any atom is 0.326 e. The van der Waals surface area contributed by atoms with E-state index in [1.807, 2.05) is 5.32 Å². The van der Waals surface area contributed by atoms with Crippen molar-refractivity contribution in [2.45, 2.75) is 116 Å². The lowest BCUT2D eigenvalue weighted by Crippen LogP contribution is -2.62. The summed E-state index contributed by atoms with van der Waals surface area (Å²) in [7, 11) is 0. The zero-order valence-electron chi connectivity index (χ0n) is 29.6. The van der Waals surface area contributed by atoms with Crippen molar-refractivity contribution in [3.63, 3.8) is 0 Å². The third kappa shape index (κ3) is 17.0. The summed E-state index contributed by atoms with van der Waals surface area (Å²) >= 11 is 0. The van der Waals surface area contributed by atoms with Gasteiger partial charge in [-0.2, -0.15) is 0 Å². The molecule has 0 fully saturated rings. The second kappa shape index (κ2) is 21.8. The van der Waals surface area contributed by atoms with Gasteiger partial charge in [0.05, 0.1) is 31.4 Å². The number of hydrogen-bond donors (Lipinski definition) is 12. The lowest BCUT2D eigenvalue weighted by molar-refractivity contribution is -0.147. The predicted molar refractivity (Wildman–Crippen MR) is 177 cm³/mol. The molecular weight excluding hydrogens is 696 g/mol. The first-order chi connectivity index (χ1) is 23.9. The van der Waals surface area contributed by atoms with Crippen LogP contribution in [-0.2, 0) is 47.9 Å². The molecule has 22 nitrogen and oxygen atoms in total. The molecule has 0 aromatic rings. The van der Waals surface area contributed by atoms with Crippen molar-refractivity contribution in [1.29, 1.82) is 0 Å². The van der Waals surface area contributed by atoms with Crippen LogP contribution in [0.2, 0.25) is 0 Å². The Morgan fingerprint density at radius 2 is 1.00 bits per heavy atom. The number of carbonyl (C=O) groups is 10. The van der Waals surface area contributed by atoms with E-state index < -0.39 is 133 Å². The summed E-state index contributed by atoms with van der Waals surface area (Å²) in [4.78, 5) is 123. The average Bonchev–Trinajstić information content (AvgIpc) is 2.99. The largest absolute Gasteiger partial charge is 0.481 e. The number of carboxylic acids is 3. The number of aliphatic hydroxyl groups excluding tert-OH is 1. The molecule has 52 heavy (non-hydrogen) atoms. The Labute approximate surface area is 298 Å². The lowest BCUT2D eigenvalue weighted by atomic mass is 10.0. The fraction of sp³-hybridized carbons (Fsp3) is 0.667. The zero-order valence-corrected chi connectivity index (χ0v) is 29.6. The number of carboxylic acid groups (broad SMARTS) is 3. The van der Waals surface area contributed by atoms with Crippen molar-refractivity contribution in [3.8, 4) is 0 Å². The van der Waals surface area contributed by atoms with Crippen molar-refractivity contribution < 1.29 is 68.4 Å². The van der Waals surface area contributed by atoms with Crippen LogP contribution in [0, 0.1) is 11.8 Å². The Balaban J connectivity index is 6.02. The van der Waals surface area contributed by atoms with E-state index in [4.69, 9.17) is 21.7 Å². The second-order valence-corrected chi connectivity index (χ2v) is 12.8. The highest BCUT2D eigenvalue weighted by Crippen LogP contribution is 2.09. The molecule has 0 aliphatic rings. The Hall–Kier alpha value is -5.38. The predicted octanol–water partition coefficient (Wildman–Crippen LogP) is -4.77. The highest BCUT2D eigenvalue weighted by molar-refractivity contribution is 5.98. The Kier molecular flexibility index (Phi) is 19.5. The normalized spacial score (nSPS) is 15.7. The molecule has 8 atom stereocenters. The van der Waals surface area contributed by atoms with Crippen LogP contribution in [-0.4, -0.2) is 128 Å². The summed E-state index contributed by atoms with van der Waals surface area (Å²) in [5, 5.41) is 50.6. The van der Waals surface area contributed by atoms with E-state index in [0.717, 1.165) is 6.92 Å². The summed E-state index contributed by atoms with van der Waals surface area (Å²) in [6.45, 7) is 8.66.